The van der Waals surface area contributed by atoms with Crippen LogP contribution in [0.15, 0.2) is 33.6 Å². The lowest BCUT2D eigenvalue weighted by molar-refractivity contribution is 0.340. The molecular formula is C12H18BrClN2O2S. The molecule has 0 aliphatic heterocycles. The first-order valence-corrected chi connectivity index (χ1v) is 8.14. The molecule has 2 rings (SSSR count). The van der Waals surface area contributed by atoms with Crippen molar-refractivity contribution < 1.29 is 8.42 Å². The van der Waals surface area contributed by atoms with Crippen LogP contribution in [0.2, 0.25) is 0 Å². The third kappa shape index (κ3) is 3.70. The standard InChI is InChI=1S/C12H17BrN2O2S.ClH/c1-15(12(8-14)9-2-3-9)18(16,17)11-6-4-10(13)5-7-11;/h4-7,9,12H,2-3,8,14H2,1H3;1H. The molecule has 7 heteroatoms. The van der Waals surface area contributed by atoms with Gasteiger partial charge >= 0.3 is 0 Å². The number of benzene rings is 1. The van der Waals surface area contributed by atoms with Crippen molar-refractivity contribution in [2.24, 2.45) is 11.7 Å². The maximum Gasteiger partial charge on any atom is 0.243 e. The van der Waals surface area contributed by atoms with Crippen molar-refractivity contribution >= 4 is 38.4 Å². The number of hydrogen-bond acceptors (Lipinski definition) is 3. The molecule has 19 heavy (non-hydrogen) atoms. The molecule has 1 unspecified atom stereocenters. The van der Waals surface area contributed by atoms with Gasteiger partial charge < -0.3 is 5.73 Å². The second-order valence-corrected chi connectivity index (χ2v) is 7.53. The highest BCUT2D eigenvalue weighted by Crippen LogP contribution is 2.36. The number of sulfonamides is 1. The maximum absolute atomic E-state index is 12.4. The van der Waals surface area contributed by atoms with E-state index in [4.69, 9.17) is 5.73 Å². The van der Waals surface area contributed by atoms with Gasteiger partial charge in [0.05, 0.1) is 4.90 Å². The van der Waals surface area contributed by atoms with Crippen LogP contribution < -0.4 is 5.73 Å². The zero-order valence-corrected chi connectivity index (χ0v) is 13.8. The van der Waals surface area contributed by atoms with E-state index in [1.807, 2.05) is 0 Å². The van der Waals surface area contributed by atoms with Gasteiger partial charge in [-0.1, -0.05) is 15.9 Å². The molecule has 4 nitrogen and oxygen atoms in total. The van der Waals surface area contributed by atoms with Crippen LogP contribution in [0.1, 0.15) is 12.8 Å². The topological polar surface area (TPSA) is 63.4 Å². The van der Waals surface area contributed by atoms with Crippen molar-refractivity contribution in [2.75, 3.05) is 13.6 Å². The highest BCUT2D eigenvalue weighted by molar-refractivity contribution is 9.10. The summed E-state index contributed by atoms with van der Waals surface area (Å²) in [5.74, 6) is 0.422. The number of likely N-dealkylation sites (N-methyl/N-ethyl adjacent to an activating group) is 1. The molecule has 0 saturated heterocycles. The first-order chi connectivity index (χ1) is 8.46. The fourth-order valence-corrected chi connectivity index (χ4v) is 3.76. The Bertz CT molecular complexity index is 517. The van der Waals surface area contributed by atoms with E-state index in [0.717, 1.165) is 17.3 Å². The Morgan fingerprint density at radius 2 is 1.89 bits per heavy atom. The smallest absolute Gasteiger partial charge is 0.243 e. The quantitative estimate of drug-likeness (QED) is 0.865. The Morgan fingerprint density at radius 1 is 1.37 bits per heavy atom. The summed E-state index contributed by atoms with van der Waals surface area (Å²) < 4.78 is 27.1. The third-order valence-electron chi connectivity index (χ3n) is 3.37. The van der Waals surface area contributed by atoms with E-state index in [1.165, 1.54) is 4.31 Å². The molecule has 1 atom stereocenters. The molecule has 0 radical (unpaired) electrons. The summed E-state index contributed by atoms with van der Waals surface area (Å²) in [6.07, 6.45) is 2.14. The molecule has 0 spiro atoms. The SMILES string of the molecule is CN(C(CN)C1CC1)S(=O)(=O)c1ccc(Br)cc1.Cl. The molecule has 1 saturated carbocycles. The van der Waals surface area contributed by atoms with Crippen molar-refractivity contribution in [2.45, 2.75) is 23.8 Å². The third-order valence-corrected chi connectivity index (χ3v) is 5.79. The van der Waals surface area contributed by atoms with Gasteiger partial charge in [0.1, 0.15) is 0 Å². The number of halogens is 2. The minimum absolute atomic E-state index is 0. The van der Waals surface area contributed by atoms with E-state index < -0.39 is 10.0 Å². The summed E-state index contributed by atoms with van der Waals surface area (Å²) in [7, 11) is -1.82. The van der Waals surface area contributed by atoms with Crippen LogP contribution in [0.3, 0.4) is 0 Å². The fraction of sp³-hybridized carbons (Fsp3) is 0.500. The van der Waals surface area contributed by atoms with Gasteiger partial charge in [-0.2, -0.15) is 4.31 Å². The van der Waals surface area contributed by atoms with E-state index in [-0.39, 0.29) is 18.4 Å². The first-order valence-electron chi connectivity index (χ1n) is 5.90. The van der Waals surface area contributed by atoms with Crippen molar-refractivity contribution in [1.82, 2.24) is 4.31 Å². The molecule has 0 amide bonds. The van der Waals surface area contributed by atoms with E-state index in [2.05, 4.69) is 15.9 Å². The Kier molecular flexibility index (Phi) is 5.82. The monoisotopic (exact) mass is 368 g/mol. The second kappa shape index (κ2) is 6.54. The predicted molar refractivity (Wildman–Crippen MR) is 81.9 cm³/mol. The van der Waals surface area contributed by atoms with Gasteiger partial charge in [-0.25, -0.2) is 8.42 Å². The average Bonchev–Trinajstić information content (AvgIpc) is 3.15. The summed E-state index contributed by atoms with van der Waals surface area (Å²) in [4.78, 5) is 0.312. The molecule has 0 aromatic heterocycles. The first kappa shape index (κ1) is 16.9. The average molecular weight is 370 g/mol. The van der Waals surface area contributed by atoms with Gasteiger partial charge in [-0.05, 0) is 43.0 Å². The number of rotatable bonds is 5. The van der Waals surface area contributed by atoms with Crippen LogP contribution in [0.4, 0.5) is 0 Å². The Morgan fingerprint density at radius 3 is 2.32 bits per heavy atom. The van der Waals surface area contributed by atoms with Crippen LogP contribution >= 0.6 is 28.3 Å². The lowest BCUT2D eigenvalue weighted by atomic mass is 10.2. The van der Waals surface area contributed by atoms with Crippen molar-refractivity contribution in [3.8, 4) is 0 Å². The zero-order chi connectivity index (χ0) is 13.3. The van der Waals surface area contributed by atoms with Crippen molar-refractivity contribution in [1.29, 1.82) is 0 Å². The van der Waals surface area contributed by atoms with Gasteiger partial charge in [0.2, 0.25) is 10.0 Å². The fourth-order valence-electron chi connectivity index (χ4n) is 2.07. The van der Waals surface area contributed by atoms with Gasteiger partial charge in [-0.3, -0.25) is 0 Å². The minimum atomic E-state index is -3.44. The van der Waals surface area contributed by atoms with E-state index in [9.17, 15) is 8.42 Å². The maximum atomic E-state index is 12.4. The molecule has 1 fully saturated rings. The van der Waals surface area contributed by atoms with Crippen LogP contribution in [0.25, 0.3) is 0 Å². The minimum Gasteiger partial charge on any atom is -0.329 e. The van der Waals surface area contributed by atoms with Crippen LogP contribution in [-0.2, 0) is 10.0 Å². The number of nitrogens with zero attached hydrogens (tertiary/aromatic N) is 1. The summed E-state index contributed by atoms with van der Waals surface area (Å²) in [5, 5.41) is 0. The molecular weight excluding hydrogens is 352 g/mol. The van der Waals surface area contributed by atoms with Crippen molar-refractivity contribution in [3.05, 3.63) is 28.7 Å². The molecule has 1 aliphatic rings. The Hall–Kier alpha value is -0.140. The molecule has 108 valence electrons. The summed E-state index contributed by atoms with van der Waals surface area (Å²) in [6.45, 7) is 0.372. The largest absolute Gasteiger partial charge is 0.329 e. The molecule has 0 bridgehead atoms. The number of hydrogen-bond donors (Lipinski definition) is 1. The predicted octanol–water partition coefficient (Wildman–Crippen LogP) is 2.23. The zero-order valence-electron chi connectivity index (χ0n) is 10.6. The molecule has 1 aromatic carbocycles. The van der Waals surface area contributed by atoms with Crippen LogP contribution in [-0.4, -0.2) is 32.4 Å². The molecule has 0 heterocycles. The summed E-state index contributed by atoms with van der Waals surface area (Å²) in [5.41, 5.74) is 5.70. The number of nitrogens with two attached hydrogens (primary N) is 1. The van der Waals surface area contributed by atoms with Gasteiger partial charge in [0.15, 0.2) is 0 Å². The lowest BCUT2D eigenvalue weighted by Crippen LogP contribution is -2.43. The lowest BCUT2D eigenvalue weighted by Gasteiger charge is -2.26. The highest BCUT2D eigenvalue weighted by Gasteiger charge is 2.37. The molecule has 1 aliphatic carbocycles. The van der Waals surface area contributed by atoms with E-state index in [1.54, 1.807) is 31.3 Å². The van der Waals surface area contributed by atoms with E-state index >= 15 is 0 Å². The van der Waals surface area contributed by atoms with Gasteiger partial charge in [0, 0.05) is 24.1 Å². The summed E-state index contributed by atoms with van der Waals surface area (Å²) >= 11 is 3.30. The molecule has 1 aromatic rings. The van der Waals surface area contributed by atoms with Crippen molar-refractivity contribution in [3.63, 3.8) is 0 Å². The highest BCUT2D eigenvalue weighted by atomic mass is 79.9. The van der Waals surface area contributed by atoms with Crippen LogP contribution in [0.5, 0.6) is 0 Å². The van der Waals surface area contributed by atoms with Crippen LogP contribution in [0, 0.1) is 5.92 Å². The van der Waals surface area contributed by atoms with E-state index in [0.29, 0.717) is 17.4 Å². The Balaban J connectivity index is 0.00000180. The second-order valence-electron chi connectivity index (χ2n) is 4.62. The van der Waals surface area contributed by atoms with Gasteiger partial charge in [0.25, 0.3) is 0 Å². The normalized spacial score (nSPS) is 17.1. The molecule has 2 N–H and O–H groups in total. The summed E-state index contributed by atoms with van der Waals surface area (Å²) in [6, 6.07) is 6.59. The Labute approximate surface area is 128 Å². The van der Waals surface area contributed by atoms with Gasteiger partial charge in [-0.15, -0.1) is 12.4 Å².